The SMILES string of the molecule is O=C(CCc1ncccn1)c1ccc(C2=NOC(c3cc(Cl)c(F)c(Cl)c3)(C(F)(F)F)C2)c2ccncc12. The van der Waals surface area contributed by atoms with Crippen molar-refractivity contribution in [3.05, 3.63) is 99.6 Å². The summed E-state index contributed by atoms with van der Waals surface area (Å²) >= 11 is 11.6. The smallest absolute Gasteiger partial charge is 0.374 e. The molecule has 4 aromatic rings. The lowest BCUT2D eigenvalue weighted by Gasteiger charge is -2.29. The highest BCUT2D eigenvalue weighted by atomic mass is 35.5. The Hall–Kier alpha value is -3.63. The average molecular weight is 563 g/mol. The quantitative estimate of drug-likeness (QED) is 0.145. The van der Waals surface area contributed by atoms with Gasteiger partial charge >= 0.3 is 6.18 Å². The van der Waals surface area contributed by atoms with E-state index in [1.54, 1.807) is 24.5 Å². The van der Waals surface area contributed by atoms with E-state index in [1.807, 2.05) is 0 Å². The van der Waals surface area contributed by atoms with E-state index in [4.69, 9.17) is 28.0 Å². The van der Waals surface area contributed by atoms with Crippen LogP contribution in [0, 0.1) is 5.82 Å². The maximum Gasteiger partial charge on any atom is 0.435 e. The van der Waals surface area contributed by atoms with Gasteiger partial charge in [0.05, 0.1) is 15.8 Å². The minimum Gasteiger partial charge on any atom is -0.374 e. The molecule has 2 aromatic carbocycles. The third-order valence-electron chi connectivity index (χ3n) is 6.26. The molecule has 194 valence electrons. The fraction of sp³-hybridized carbons (Fsp3) is 0.192. The Balaban J connectivity index is 1.50. The summed E-state index contributed by atoms with van der Waals surface area (Å²) in [6.45, 7) is 0. The van der Waals surface area contributed by atoms with Gasteiger partial charge in [-0.25, -0.2) is 14.4 Å². The minimum absolute atomic E-state index is 0.0215. The summed E-state index contributed by atoms with van der Waals surface area (Å²) in [5.41, 5.74) is -2.76. The largest absolute Gasteiger partial charge is 0.435 e. The summed E-state index contributed by atoms with van der Waals surface area (Å²) in [4.78, 5) is 30.4. The van der Waals surface area contributed by atoms with Crippen molar-refractivity contribution in [1.82, 2.24) is 15.0 Å². The Morgan fingerprint density at radius 3 is 2.42 bits per heavy atom. The molecule has 0 spiro atoms. The number of alkyl halides is 3. The Morgan fingerprint density at radius 1 is 1.03 bits per heavy atom. The zero-order chi connectivity index (χ0) is 27.1. The molecule has 1 aliphatic heterocycles. The van der Waals surface area contributed by atoms with Crippen molar-refractivity contribution in [2.45, 2.75) is 31.0 Å². The molecule has 12 heteroatoms. The van der Waals surface area contributed by atoms with E-state index in [9.17, 15) is 22.4 Å². The highest BCUT2D eigenvalue weighted by molar-refractivity contribution is 6.35. The van der Waals surface area contributed by atoms with Crippen molar-refractivity contribution in [2.24, 2.45) is 5.16 Å². The average Bonchev–Trinajstić information content (AvgIpc) is 3.37. The second kappa shape index (κ2) is 9.92. The van der Waals surface area contributed by atoms with E-state index in [-0.39, 0.29) is 17.9 Å². The zero-order valence-electron chi connectivity index (χ0n) is 19.3. The third kappa shape index (κ3) is 4.58. The number of nitrogens with zero attached hydrogens (tertiary/aromatic N) is 4. The van der Waals surface area contributed by atoms with Crippen molar-refractivity contribution >= 4 is 45.5 Å². The van der Waals surface area contributed by atoms with Gasteiger partial charge in [0.25, 0.3) is 5.60 Å². The fourth-order valence-electron chi connectivity index (χ4n) is 4.34. The van der Waals surface area contributed by atoms with Crippen LogP contribution in [0.25, 0.3) is 10.8 Å². The van der Waals surface area contributed by atoms with Gasteiger partial charge in [-0.1, -0.05) is 40.5 Å². The monoisotopic (exact) mass is 562 g/mol. The predicted molar refractivity (Wildman–Crippen MR) is 133 cm³/mol. The van der Waals surface area contributed by atoms with Crippen molar-refractivity contribution in [1.29, 1.82) is 0 Å². The number of fused-ring (bicyclic) bond motifs is 1. The predicted octanol–water partition coefficient (Wildman–Crippen LogP) is 6.87. The first kappa shape index (κ1) is 26.0. The summed E-state index contributed by atoms with van der Waals surface area (Å²) < 4.78 is 57.2. The Morgan fingerprint density at radius 2 is 1.74 bits per heavy atom. The van der Waals surface area contributed by atoms with Crippen LogP contribution in [0.4, 0.5) is 17.6 Å². The van der Waals surface area contributed by atoms with Gasteiger partial charge in [0, 0.05) is 66.1 Å². The van der Waals surface area contributed by atoms with Crippen molar-refractivity contribution < 1.29 is 27.2 Å². The molecule has 0 amide bonds. The summed E-state index contributed by atoms with van der Waals surface area (Å²) in [6.07, 6.45) is 0.866. The zero-order valence-corrected chi connectivity index (χ0v) is 20.8. The van der Waals surface area contributed by atoms with E-state index in [0.29, 0.717) is 34.1 Å². The van der Waals surface area contributed by atoms with Crippen LogP contribution >= 0.6 is 23.2 Å². The number of hydrogen-bond acceptors (Lipinski definition) is 6. The van der Waals surface area contributed by atoms with Crippen molar-refractivity contribution in [3.63, 3.8) is 0 Å². The molecule has 0 aliphatic carbocycles. The number of carbonyl (C=O) groups excluding carboxylic acids is 1. The van der Waals surface area contributed by atoms with Crippen molar-refractivity contribution in [2.75, 3.05) is 0 Å². The number of halogens is 6. The van der Waals surface area contributed by atoms with Crippen LogP contribution in [-0.4, -0.2) is 32.6 Å². The van der Waals surface area contributed by atoms with Gasteiger partial charge in [0.2, 0.25) is 0 Å². The highest BCUT2D eigenvalue weighted by Gasteiger charge is 2.62. The Bertz CT molecular complexity index is 1560. The molecule has 38 heavy (non-hydrogen) atoms. The maximum atomic E-state index is 14.4. The lowest BCUT2D eigenvalue weighted by molar-refractivity contribution is -0.275. The number of rotatable bonds is 6. The lowest BCUT2D eigenvalue weighted by atomic mass is 9.85. The van der Waals surface area contributed by atoms with Crippen LogP contribution in [0.15, 0.2) is 66.3 Å². The molecule has 5 rings (SSSR count). The first-order valence-corrected chi connectivity index (χ1v) is 12.0. The number of aromatic nitrogens is 3. The summed E-state index contributed by atoms with van der Waals surface area (Å²) in [5, 5.41) is 3.55. The second-order valence-corrected chi connectivity index (χ2v) is 9.37. The van der Waals surface area contributed by atoms with Crippen LogP contribution in [0.5, 0.6) is 0 Å². The topological polar surface area (TPSA) is 77.3 Å². The standard InChI is InChI=1S/C26H16Cl2F4N4O2/c27-19-10-14(11-20(28)24(19)29)25(26(30,31)32)12-21(36-38-25)16-2-3-17(18-13-33-9-6-15(16)18)22(37)4-5-23-34-7-1-8-35-23/h1-3,6-11,13H,4-5,12H2. The van der Waals surface area contributed by atoms with Gasteiger partial charge in [-0.3, -0.25) is 9.78 Å². The molecule has 2 aromatic heterocycles. The Kier molecular flexibility index (Phi) is 6.79. The summed E-state index contributed by atoms with van der Waals surface area (Å²) in [5.74, 6) is -0.722. The number of benzene rings is 2. The van der Waals surface area contributed by atoms with Gasteiger partial charge in [-0.15, -0.1) is 0 Å². The molecule has 0 saturated carbocycles. The lowest BCUT2D eigenvalue weighted by Crippen LogP contribution is -2.42. The molecule has 0 radical (unpaired) electrons. The summed E-state index contributed by atoms with van der Waals surface area (Å²) in [7, 11) is 0. The molecule has 0 fully saturated rings. The fourth-order valence-corrected chi connectivity index (χ4v) is 4.83. The summed E-state index contributed by atoms with van der Waals surface area (Å²) in [6, 6.07) is 7.96. The minimum atomic E-state index is -4.95. The van der Waals surface area contributed by atoms with E-state index in [2.05, 4.69) is 20.1 Å². The molecule has 0 saturated heterocycles. The van der Waals surface area contributed by atoms with E-state index in [0.717, 1.165) is 12.1 Å². The Labute approximate surface area is 223 Å². The molecular formula is C26H16Cl2F4N4O2. The molecular weight excluding hydrogens is 547 g/mol. The first-order chi connectivity index (χ1) is 18.1. The van der Waals surface area contributed by atoms with Gasteiger partial charge in [-0.2, -0.15) is 13.2 Å². The number of hydrogen-bond donors (Lipinski definition) is 0. The van der Waals surface area contributed by atoms with Crippen LogP contribution in [-0.2, 0) is 16.9 Å². The maximum absolute atomic E-state index is 14.4. The van der Waals surface area contributed by atoms with E-state index < -0.39 is 39.6 Å². The van der Waals surface area contributed by atoms with E-state index >= 15 is 0 Å². The van der Waals surface area contributed by atoms with Crippen LogP contribution in [0.2, 0.25) is 10.0 Å². The number of Topliss-reactive ketones (excluding diaryl/α,β-unsaturated/α-hetero) is 1. The van der Waals surface area contributed by atoms with Crippen molar-refractivity contribution in [3.8, 4) is 0 Å². The number of pyridine rings is 1. The van der Waals surface area contributed by atoms with Crippen LogP contribution in [0.3, 0.4) is 0 Å². The molecule has 1 atom stereocenters. The molecule has 1 unspecified atom stereocenters. The van der Waals surface area contributed by atoms with Crippen LogP contribution < -0.4 is 0 Å². The number of carbonyl (C=O) groups is 1. The van der Waals surface area contributed by atoms with E-state index in [1.165, 1.54) is 24.5 Å². The molecule has 6 nitrogen and oxygen atoms in total. The first-order valence-electron chi connectivity index (χ1n) is 11.2. The number of ketones is 1. The van der Waals surface area contributed by atoms with Crippen LogP contribution in [0.1, 0.15) is 40.2 Å². The highest BCUT2D eigenvalue weighted by Crippen LogP contribution is 2.50. The van der Waals surface area contributed by atoms with Gasteiger partial charge < -0.3 is 4.84 Å². The van der Waals surface area contributed by atoms with Gasteiger partial charge in [-0.05, 0) is 29.7 Å². The number of aryl methyl sites for hydroxylation is 1. The number of oxime groups is 1. The molecule has 1 aliphatic rings. The normalized spacial score (nSPS) is 17.4. The van der Waals surface area contributed by atoms with Gasteiger partial charge in [0.1, 0.15) is 5.82 Å². The van der Waals surface area contributed by atoms with Gasteiger partial charge in [0.15, 0.2) is 11.6 Å². The third-order valence-corrected chi connectivity index (χ3v) is 6.81. The molecule has 0 N–H and O–H groups in total. The molecule has 0 bridgehead atoms. The molecule has 3 heterocycles. The second-order valence-electron chi connectivity index (χ2n) is 8.55.